The van der Waals surface area contributed by atoms with Gasteiger partial charge in [-0.25, -0.2) is 4.98 Å². The molecule has 0 saturated carbocycles. The lowest BCUT2D eigenvalue weighted by molar-refractivity contribution is 0.918. The molecule has 2 rings (SSSR count). The first kappa shape index (κ1) is 9.32. The highest BCUT2D eigenvalue weighted by Crippen LogP contribution is 1.98. The number of rotatable bonds is 3. The quantitative estimate of drug-likeness (QED) is 0.743. The van der Waals surface area contributed by atoms with E-state index in [9.17, 15) is 4.79 Å². The molecule has 2 aromatic rings. The van der Waals surface area contributed by atoms with Crippen LogP contribution in [-0.4, -0.2) is 20.2 Å². The highest BCUT2D eigenvalue weighted by Gasteiger charge is 1.96. The first-order valence-corrected chi connectivity index (χ1v) is 4.40. The Morgan fingerprint density at radius 2 is 2.40 bits per heavy atom. The van der Waals surface area contributed by atoms with Crippen molar-refractivity contribution in [1.29, 1.82) is 0 Å². The number of nitrogens with one attached hydrogen (secondary N) is 2. The van der Waals surface area contributed by atoms with Gasteiger partial charge in [0.25, 0.3) is 5.56 Å². The number of aromatic amines is 1. The van der Waals surface area contributed by atoms with Crippen molar-refractivity contribution >= 4 is 5.82 Å². The average molecular weight is 203 g/mol. The number of hydrogen-bond acceptors (Lipinski definition) is 5. The van der Waals surface area contributed by atoms with Gasteiger partial charge in [-0.15, -0.1) is 0 Å². The van der Waals surface area contributed by atoms with Crippen LogP contribution in [0.3, 0.4) is 0 Å². The molecule has 2 heterocycles. The van der Waals surface area contributed by atoms with Crippen molar-refractivity contribution in [2.45, 2.75) is 6.54 Å². The van der Waals surface area contributed by atoms with E-state index in [2.05, 4.69) is 25.5 Å². The SMILES string of the molecule is O=c1cc(NCc2cccnn2)nc[nH]1. The van der Waals surface area contributed by atoms with Crippen molar-refractivity contribution < 1.29 is 0 Å². The molecule has 0 atom stereocenters. The van der Waals surface area contributed by atoms with Gasteiger partial charge in [0.2, 0.25) is 0 Å². The minimum absolute atomic E-state index is 0.188. The van der Waals surface area contributed by atoms with Crippen LogP contribution in [-0.2, 0) is 6.54 Å². The predicted octanol–water partition coefficient (Wildman–Crippen LogP) is 0.172. The van der Waals surface area contributed by atoms with Gasteiger partial charge in [0.15, 0.2) is 0 Å². The second-order valence-corrected chi connectivity index (χ2v) is 2.86. The number of nitrogens with zero attached hydrogens (tertiary/aromatic N) is 3. The Balaban J connectivity index is 2.02. The van der Waals surface area contributed by atoms with Crippen molar-refractivity contribution in [2.75, 3.05) is 5.32 Å². The second-order valence-electron chi connectivity index (χ2n) is 2.86. The lowest BCUT2D eigenvalue weighted by atomic mass is 10.4. The largest absolute Gasteiger partial charge is 0.364 e. The molecule has 0 aliphatic heterocycles. The summed E-state index contributed by atoms with van der Waals surface area (Å²) in [6.45, 7) is 0.490. The van der Waals surface area contributed by atoms with E-state index in [1.165, 1.54) is 12.4 Å². The van der Waals surface area contributed by atoms with E-state index in [4.69, 9.17) is 0 Å². The highest BCUT2D eigenvalue weighted by molar-refractivity contribution is 5.32. The van der Waals surface area contributed by atoms with E-state index in [-0.39, 0.29) is 5.56 Å². The van der Waals surface area contributed by atoms with Crippen LogP contribution in [0.4, 0.5) is 5.82 Å². The van der Waals surface area contributed by atoms with Gasteiger partial charge in [0, 0.05) is 12.3 Å². The third-order valence-electron chi connectivity index (χ3n) is 1.76. The summed E-state index contributed by atoms with van der Waals surface area (Å²) in [6, 6.07) is 5.03. The van der Waals surface area contributed by atoms with Crippen molar-refractivity contribution in [3.05, 3.63) is 46.8 Å². The Morgan fingerprint density at radius 3 is 3.13 bits per heavy atom. The molecular formula is C9H9N5O. The van der Waals surface area contributed by atoms with E-state index >= 15 is 0 Å². The van der Waals surface area contributed by atoms with Gasteiger partial charge in [-0.2, -0.15) is 10.2 Å². The zero-order valence-corrected chi connectivity index (χ0v) is 7.84. The van der Waals surface area contributed by atoms with E-state index in [0.717, 1.165) is 5.69 Å². The molecule has 0 amide bonds. The molecule has 6 nitrogen and oxygen atoms in total. The fraction of sp³-hybridized carbons (Fsp3) is 0.111. The van der Waals surface area contributed by atoms with Crippen LogP contribution in [0.25, 0.3) is 0 Å². The first-order valence-electron chi connectivity index (χ1n) is 4.40. The Labute approximate surface area is 85.4 Å². The van der Waals surface area contributed by atoms with Gasteiger partial charge < -0.3 is 10.3 Å². The summed E-state index contributed by atoms with van der Waals surface area (Å²) in [7, 11) is 0. The maximum Gasteiger partial charge on any atom is 0.252 e. The lowest BCUT2D eigenvalue weighted by Gasteiger charge is -2.02. The molecule has 0 bridgehead atoms. The molecule has 0 fully saturated rings. The second kappa shape index (κ2) is 4.32. The van der Waals surface area contributed by atoms with E-state index < -0.39 is 0 Å². The monoisotopic (exact) mass is 203 g/mol. The smallest absolute Gasteiger partial charge is 0.252 e. The minimum Gasteiger partial charge on any atom is -0.364 e. The molecule has 0 saturated heterocycles. The molecule has 2 aromatic heterocycles. The Hall–Kier alpha value is -2.24. The summed E-state index contributed by atoms with van der Waals surface area (Å²) in [6.07, 6.45) is 2.95. The number of aromatic nitrogens is 4. The van der Waals surface area contributed by atoms with Crippen molar-refractivity contribution in [1.82, 2.24) is 20.2 Å². The predicted molar refractivity (Wildman–Crippen MR) is 54.2 cm³/mol. The fourth-order valence-corrected chi connectivity index (χ4v) is 1.07. The molecule has 2 N–H and O–H groups in total. The molecule has 0 aliphatic carbocycles. The third kappa shape index (κ3) is 2.60. The normalized spacial score (nSPS) is 9.87. The van der Waals surface area contributed by atoms with Gasteiger partial charge in [-0.3, -0.25) is 4.79 Å². The van der Waals surface area contributed by atoms with Gasteiger partial charge in [-0.1, -0.05) is 0 Å². The summed E-state index contributed by atoms with van der Waals surface area (Å²) >= 11 is 0. The summed E-state index contributed by atoms with van der Waals surface area (Å²) in [4.78, 5) is 17.3. The molecule has 0 aliphatic rings. The summed E-state index contributed by atoms with van der Waals surface area (Å²) in [5, 5.41) is 10.6. The topological polar surface area (TPSA) is 83.6 Å². The van der Waals surface area contributed by atoms with Crippen LogP contribution >= 0.6 is 0 Å². The lowest BCUT2D eigenvalue weighted by Crippen LogP contribution is -2.09. The Morgan fingerprint density at radius 1 is 1.47 bits per heavy atom. The van der Waals surface area contributed by atoms with Crippen LogP contribution in [0, 0.1) is 0 Å². The zero-order chi connectivity index (χ0) is 10.5. The molecule has 0 unspecified atom stereocenters. The van der Waals surface area contributed by atoms with E-state index in [1.807, 2.05) is 6.07 Å². The van der Waals surface area contributed by atoms with Crippen LogP contribution in [0.5, 0.6) is 0 Å². The fourth-order valence-electron chi connectivity index (χ4n) is 1.07. The van der Waals surface area contributed by atoms with E-state index in [1.54, 1.807) is 12.3 Å². The molecular weight excluding hydrogens is 194 g/mol. The average Bonchev–Trinajstić information content (AvgIpc) is 2.28. The summed E-state index contributed by atoms with van der Waals surface area (Å²) in [5.74, 6) is 0.518. The highest BCUT2D eigenvalue weighted by atomic mass is 16.1. The molecule has 0 spiro atoms. The van der Waals surface area contributed by atoms with Gasteiger partial charge >= 0.3 is 0 Å². The summed E-state index contributed by atoms with van der Waals surface area (Å²) < 4.78 is 0. The van der Waals surface area contributed by atoms with Crippen LogP contribution in [0.1, 0.15) is 5.69 Å². The van der Waals surface area contributed by atoms with Gasteiger partial charge in [0.05, 0.1) is 18.6 Å². The van der Waals surface area contributed by atoms with E-state index in [0.29, 0.717) is 12.4 Å². The molecule has 0 radical (unpaired) electrons. The molecule has 76 valence electrons. The number of H-pyrrole nitrogens is 1. The van der Waals surface area contributed by atoms with Gasteiger partial charge in [-0.05, 0) is 12.1 Å². The Bertz CT molecular complexity index is 481. The van der Waals surface area contributed by atoms with Crippen molar-refractivity contribution in [3.8, 4) is 0 Å². The van der Waals surface area contributed by atoms with Crippen LogP contribution < -0.4 is 10.9 Å². The number of anilines is 1. The van der Waals surface area contributed by atoms with Gasteiger partial charge in [0.1, 0.15) is 5.82 Å². The third-order valence-corrected chi connectivity index (χ3v) is 1.76. The van der Waals surface area contributed by atoms with Crippen molar-refractivity contribution in [3.63, 3.8) is 0 Å². The minimum atomic E-state index is -0.188. The first-order chi connectivity index (χ1) is 7.34. The van der Waals surface area contributed by atoms with Crippen LogP contribution in [0.2, 0.25) is 0 Å². The molecule has 15 heavy (non-hydrogen) atoms. The maximum atomic E-state index is 10.9. The summed E-state index contributed by atoms with van der Waals surface area (Å²) in [5.41, 5.74) is 0.603. The zero-order valence-electron chi connectivity index (χ0n) is 7.84. The molecule has 0 aromatic carbocycles. The maximum absolute atomic E-state index is 10.9. The van der Waals surface area contributed by atoms with Crippen molar-refractivity contribution in [2.24, 2.45) is 0 Å². The number of hydrogen-bond donors (Lipinski definition) is 2. The van der Waals surface area contributed by atoms with Crippen LogP contribution in [0.15, 0.2) is 35.5 Å². The molecule has 6 heteroatoms. The standard InChI is InChI=1S/C9H9N5O/c15-9-4-8(11-6-12-9)10-5-7-2-1-3-13-14-7/h1-4,6H,5H2,(H2,10,11,12,15). The Kier molecular flexibility index (Phi) is 2.68.